The Hall–Kier alpha value is -2.87. The lowest BCUT2D eigenvalue weighted by atomic mass is 9.97. The van der Waals surface area contributed by atoms with Crippen LogP contribution in [0.3, 0.4) is 0 Å². The summed E-state index contributed by atoms with van der Waals surface area (Å²) in [6, 6.07) is 12.5. The average Bonchev–Trinajstić information content (AvgIpc) is 3.06. The molecule has 5 nitrogen and oxygen atoms in total. The summed E-state index contributed by atoms with van der Waals surface area (Å²) in [7, 11) is 1.37. The number of benzene rings is 2. The number of hydrogen-bond acceptors (Lipinski definition) is 3. The third-order valence-corrected chi connectivity index (χ3v) is 4.44. The van der Waals surface area contributed by atoms with Crippen molar-refractivity contribution in [2.24, 2.45) is 7.05 Å². The maximum absolute atomic E-state index is 13.5. The smallest absolute Gasteiger partial charge is 0.374 e. The van der Waals surface area contributed by atoms with E-state index in [-0.39, 0.29) is 6.54 Å². The number of carbonyl (C=O) groups is 1. The molecular weight excluding hydrogens is 359 g/mol. The zero-order chi connectivity index (χ0) is 19.7. The van der Waals surface area contributed by atoms with Gasteiger partial charge in [-0.15, -0.1) is 0 Å². The first-order chi connectivity index (χ1) is 12.7. The van der Waals surface area contributed by atoms with Gasteiger partial charge in [-0.25, -0.2) is 4.98 Å². The number of aryl methyl sites for hydroxylation is 1. The molecule has 0 saturated carbocycles. The van der Waals surface area contributed by atoms with Crippen LogP contribution in [0, 0.1) is 0 Å². The zero-order valence-corrected chi connectivity index (χ0v) is 14.5. The second kappa shape index (κ2) is 7.03. The Bertz CT molecular complexity index is 968. The Labute approximate surface area is 153 Å². The van der Waals surface area contributed by atoms with Crippen molar-refractivity contribution < 1.29 is 23.1 Å². The maximum atomic E-state index is 13.5. The van der Waals surface area contributed by atoms with Gasteiger partial charge in [0.15, 0.2) is 0 Å². The number of aliphatic hydroxyl groups is 1. The van der Waals surface area contributed by atoms with E-state index in [0.29, 0.717) is 5.56 Å². The van der Waals surface area contributed by atoms with E-state index in [9.17, 15) is 23.1 Å². The number of halogens is 3. The Kier molecular flexibility index (Phi) is 4.93. The molecule has 3 rings (SSSR count). The molecular formula is C19H18F3N3O2. The van der Waals surface area contributed by atoms with Crippen molar-refractivity contribution in [1.29, 1.82) is 0 Å². The van der Waals surface area contributed by atoms with Gasteiger partial charge in [0.25, 0.3) is 5.91 Å². The molecule has 1 amide bonds. The van der Waals surface area contributed by atoms with Crippen LogP contribution in [0.2, 0.25) is 0 Å². The van der Waals surface area contributed by atoms with Crippen molar-refractivity contribution in [2.45, 2.75) is 18.2 Å². The molecule has 142 valence electrons. The number of amides is 1. The number of nitrogens with one attached hydrogen (secondary N) is 1. The highest BCUT2D eigenvalue weighted by Gasteiger charge is 2.57. The summed E-state index contributed by atoms with van der Waals surface area (Å²) in [6.07, 6.45) is -3.18. The lowest BCUT2D eigenvalue weighted by Crippen LogP contribution is -2.46. The van der Waals surface area contributed by atoms with Crippen molar-refractivity contribution in [1.82, 2.24) is 14.9 Å². The van der Waals surface area contributed by atoms with Gasteiger partial charge in [-0.05, 0) is 22.9 Å². The molecule has 0 saturated heterocycles. The monoisotopic (exact) mass is 377 g/mol. The van der Waals surface area contributed by atoms with Crippen LogP contribution in [0.1, 0.15) is 22.6 Å². The van der Waals surface area contributed by atoms with Crippen LogP contribution in [0.25, 0.3) is 10.8 Å². The van der Waals surface area contributed by atoms with Crippen LogP contribution >= 0.6 is 0 Å². The summed E-state index contributed by atoms with van der Waals surface area (Å²) in [5, 5.41) is 14.5. The Balaban J connectivity index is 1.73. The molecule has 1 heterocycles. The molecule has 0 bridgehead atoms. The first-order valence-electron chi connectivity index (χ1n) is 8.26. The average molecular weight is 377 g/mol. The summed E-state index contributed by atoms with van der Waals surface area (Å²) in [6.45, 7) is -0.367. The van der Waals surface area contributed by atoms with Gasteiger partial charge < -0.3 is 15.0 Å². The highest BCUT2D eigenvalue weighted by Crippen LogP contribution is 2.40. The molecule has 2 N–H and O–H groups in total. The number of alkyl halides is 3. The summed E-state index contributed by atoms with van der Waals surface area (Å²) in [5.74, 6) is -1.03. The molecule has 0 aliphatic carbocycles. The van der Waals surface area contributed by atoms with E-state index in [1.165, 1.54) is 19.4 Å². The normalized spacial score (nSPS) is 14.1. The molecule has 0 radical (unpaired) electrons. The summed E-state index contributed by atoms with van der Waals surface area (Å²) in [4.78, 5) is 15.9. The number of imidazole rings is 1. The second-order valence-corrected chi connectivity index (χ2v) is 6.29. The fraction of sp³-hybridized carbons (Fsp3) is 0.263. The van der Waals surface area contributed by atoms with E-state index >= 15 is 0 Å². The van der Waals surface area contributed by atoms with Crippen molar-refractivity contribution in [3.63, 3.8) is 0 Å². The zero-order valence-electron chi connectivity index (χ0n) is 14.5. The van der Waals surface area contributed by atoms with Crippen LogP contribution in [0.4, 0.5) is 13.2 Å². The molecule has 2 aromatic carbocycles. The first kappa shape index (κ1) is 18.9. The van der Waals surface area contributed by atoms with E-state index < -0.39 is 29.9 Å². The Morgan fingerprint density at radius 2 is 1.89 bits per heavy atom. The van der Waals surface area contributed by atoms with Gasteiger partial charge in [-0.3, -0.25) is 4.79 Å². The number of carbonyl (C=O) groups excluding carboxylic acids is 1. The van der Waals surface area contributed by atoms with Crippen LogP contribution in [-0.4, -0.2) is 33.3 Å². The Morgan fingerprint density at radius 3 is 2.52 bits per heavy atom. The highest BCUT2D eigenvalue weighted by atomic mass is 19.4. The summed E-state index contributed by atoms with van der Waals surface area (Å²) >= 11 is 0. The lowest BCUT2D eigenvalue weighted by molar-refractivity contribution is -0.272. The van der Waals surface area contributed by atoms with Crippen LogP contribution < -0.4 is 5.32 Å². The fourth-order valence-electron chi connectivity index (χ4n) is 2.93. The van der Waals surface area contributed by atoms with Crippen molar-refractivity contribution >= 4 is 16.7 Å². The lowest BCUT2D eigenvalue weighted by Gasteiger charge is -2.30. The number of fused-ring (bicyclic) bond motifs is 1. The van der Waals surface area contributed by atoms with Crippen LogP contribution in [-0.2, 0) is 12.6 Å². The highest BCUT2D eigenvalue weighted by molar-refractivity contribution is 5.98. The molecule has 1 atom stereocenters. The second-order valence-electron chi connectivity index (χ2n) is 6.29. The third kappa shape index (κ3) is 3.66. The summed E-state index contributed by atoms with van der Waals surface area (Å²) in [5.41, 5.74) is -2.82. The number of nitrogens with zero attached hydrogens (tertiary/aromatic N) is 2. The van der Waals surface area contributed by atoms with E-state index in [2.05, 4.69) is 10.3 Å². The van der Waals surface area contributed by atoms with Crippen LogP contribution in [0.5, 0.6) is 0 Å². The Morgan fingerprint density at radius 1 is 1.19 bits per heavy atom. The minimum Gasteiger partial charge on any atom is -0.374 e. The van der Waals surface area contributed by atoms with Gasteiger partial charge in [0.1, 0.15) is 5.82 Å². The number of rotatable bonds is 5. The maximum Gasteiger partial charge on any atom is 0.424 e. The topological polar surface area (TPSA) is 67.2 Å². The van der Waals surface area contributed by atoms with Crippen molar-refractivity contribution in [3.8, 4) is 0 Å². The SMILES string of the molecule is Cn1ccnc1C(O)(CCNC(=O)c1ccc2ccccc2c1)C(F)(F)F. The predicted molar refractivity (Wildman–Crippen MR) is 94.1 cm³/mol. The summed E-state index contributed by atoms with van der Waals surface area (Å²) < 4.78 is 41.5. The molecule has 8 heteroatoms. The standard InChI is InChI=1S/C19H18F3N3O2/c1-25-11-10-24-17(25)18(27,19(20,21)22)8-9-23-16(26)15-7-6-13-4-2-3-5-14(13)12-15/h2-7,10-12,27H,8-9H2,1H3,(H,23,26). The molecule has 3 aromatic rings. The van der Waals surface area contributed by atoms with Gasteiger partial charge in [0, 0.05) is 38.0 Å². The quantitative estimate of drug-likeness (QED) is 0.718. The largest absolute Gasteiger partial charge is 0.424 e. The van der Waals surface area contributed by atoms with E-state index in [0.717, 1.165) is 15.3 Å². The van der Waals surface area contributed by atoms with Crippen molar-refractivity contribution in [2.75, 3.05) is 6.54 Å². The van der Waals surface area contributed by atoms with Crippen molar-refractivity contribution in [3.05, 3.63) is 66.2 Å². The molecule has 0 aliphatic rings. The molecule has 1 aromatic heterocycles. The van der Waals surface area contributed by atoms with E-state index in [1.807, 2.05) is 24.3 Å². The van der Waals surface area contributed by atoms with Crippen LogP contribution in [0.15, 0.2) is 54.9 Å². The third-order valence-electron chi connectivity index (χ3n) is 4.44. The molecule has 1 unspecified atom stereocenters. The fourth-order valence-corrected chi connectivity index (χ4v) is 2.93. The number of hydrogen-bond donors (Lipinski definition) is 2. The van der Waals surface area contributed by atoms with Gasteiger partial charge >= 0.3 is 6.18 Å². The molecule has 0 fully saturated rings. The molecule has 0 spiro atoms. The van der Waals surface area contributed by atoms with Gasteiger partial charge in [0.2, 0.25) is 5.60 Å². The van der Waals surface area contributed by atoms with Gasteiger partial charge in [-0.2, -0.15) is 13.2 Å². The first-order valence-corrected chi connectivity index (χ1v) is 8.26. The predicted octanol–water partition coefficient (Wildman–Crippen LogP) is 3.14. The van der Waals surface area contributed by atoms with E-state index in [1.54, 1.807) is 18.2 Å². The minimum atomic E-state index is -4.93. The van der Waals surface area contributed by atoms with E-state index in [4.69, 9.17) is 0 Å². The molecule has 0 aliphatic heterocycles. The molecule has 27 heavy (non-hydrogen) atoms. The number of aromatic nitrogens is 2. The minimum absolute atomic E-state index is 0.334. The van der Waals surface area contributed by atoms with Gasteiger partial charge in [0.05, 0.1) is 0 Å². The van der Waals surface area contributed by atoms with Gasteiger partial charge in [-0.1, -0.05) is 30.3 Å².